The molecule has 1 aliphatic heterocycles. The predicted molar refractivity (Wildman–Crippen MR) is 108 cm³/mol. The van der Waals surface area contributed by atoms with Gasteiger partial charge in [-0.25, -0.2) is 0 Å². The van der Waals surface area contributed by atoms with Gasteiger partial charge in [-0.1, -0.05) is 0 Å². The van der Waals surface area contributed by atoms with Gasteiger partial charge < -0.3 is 20.7 Å². The van der Waals surface area contributed by atoms with E-state index in [1.807, 2.05) is 12.1 Å². The van der Waals surface area contributed by atoms with Crippen LogP contribution < -0.4 is 21.0 Å². The molecule has 0 saturated carbocycles. The van der Waals surface area contributed by atoms with E-state index in [1.165, 1.54) is 0 Å². The predicted octanol–water partition coefficient (Wildman–Crippen LogP) is 2.90. The molecule has 0 radical (unpaired) electrons. The Kier molecular flexibility index (Phi) is 5.06. The van der Waals surface area contributed by atoms with E-state index in [2.05, 4.69) is 22.7 Å². The molecule has 0 unspecified atom stereocenters. The van der Waals surface area contributed by atoms with Crippen molar-refractivity contribution in [2.75, 3.05) is 5.06 Å². The second-order valence-electron chi connectivity index (χ2n) is 6.50. The Morgan fingerprint density at radius 3 is 2.74 bits per heavy atom. The zero-order chi connectivity index (χ0) is 19.6. The normalized spacial score (nSPS) is 15.1. The molecule has 0 bridgehead atoms. The first-order chi connectivity index (χ1) is 12.8. The Morgan fingerprint density at radius 2 is 2.07 bits per heavy atom. The average Bonchev–Trinajstić information content (AvgIpc) is 2.81. The molecule has 1 heterocycles. The molecule has 0 aromatic heterocycles. The Hall–Kier alpha value is -3.04. The minimum absolute atomic E-state index is 0.0979. The van der Waals surface area contributed by atoms with Crippen molar-refractivity contribution < 1.29 is 9.50 Å². The summed E-state index contributed by atoms with van der Waals surface area (Å²) in [5.41, 5.74) is 8.99. The van der Waals surface area contributed by atoms with Gasteiger partial charge in [-0.2, -0.15) is 5.10 Å². The molecule has 27 heavy (non-hydrogen) atoms. The van der Waals surface area contributed by atoms with Crippen LogP contribution in [-0.4, -0.2) is 21.7 Å². The third-order valence-electron chi connectivity index (χ3n) is 4.15. The lowest BCUT2D eigenvalue weighted by atomic mass is 10.2. The van der Waals surface area contributed by atoms with Gasteiger partial charge in [-0.15, -0.1) is 0 Å². The van der Waals surface area contributed by atoms with Crippen LogP contribution in [-0.2, 0) is 6.61 Å². The molecule has 2 aromatic rings. The highest BCUT2D eigenvalue weighted by atomic mass is 32.1. The third-order valence-corrected chi connectivity index (χ3v) is 4.24. The topological polar surface area (TPSA) is 106 Å². The average molecular weight is 385 g/mol. The highest BCUT2D eigenvalue weighted by Gasteiger charge is 2.48. The number of hydrogen-bond acceptors (Lipinski definition) is 6. The highest BCUT2D eigenvalue weighted by Crippen LogP contribution is 2.43. The quantitative estimate of drug-likeness (QED) is 0.353. The molecule has 8 nitrogen and oxygen atoms in total. The summed E-state index contributed by atoms with van der Waals surface area (Å²) >= 11 is 4.66. The standard InChI is InChI=1S/C18H19N5O3S/c1-18(2)22(24)15-8-5-13(9-16(15)23(18)25)11-26-14-6-3-12(4-7-14)10-20-21-17(19)27/h3-10H,11H2,1-2H3,(H3,19,21,27)/b20-10+. The van der Waals surface area contributed by atoms with Gasteiger partial charge in [-0.3, -0.25) is 5.43 Å². The first-order valence-electron chi connectivity index (χ1n) is 8.18. The van der Waals surface area contributed by atoms with Gasteiger partial charge in [0.2, 0.25) is 0 Å². The molecule has 0 amide bonds. The molecule has 3 N–H and O–H groups in total. The number of nitrogens with two attached hydrogens (primary N) is 1. The number of hydrazone groups is 1. The smallest absolute Gasteiger partial charge is 0.281 e. The molecule has 0 spiro atoms. The van der Waals surface area contributed by atoms with Crippen LogP contribution in [0.2, 0.25) is 0 Å². The summed E-state index contributed by atoms with van der Waals surface area (Å²) in [5.74, 6) is 0.666. The van der Waals surface area contributed by atoms with Crippen molar-refractivity contribution >= 4 is 34.9 Å². The number of thiocarbonyl (C=S) groups is 1. The van der Waals surface area contributed by atoms with E-state index in [0.29, 0.717) is 17.1 Å². The van der Waals surface area contributed by atoms with Crippen molar-refractivity contribution in [2.24, 2.45) is 10.8 Å². The van der Waals surface area contributed by atoms with Crippen LogP contribution in [0.15, 0.2) is 47.6 Å². The SMILES string of the molecule is CC1(C)N([O-])c2cc(COc3ccc(/C=N/NC(N)=S)cc3)ccc2[N+]1=O. The molecule has 3 rings (SSSR count). The maximum atomic E-state index is 12.3. The van der Waals surface area contributed by atoms with Gasteiger partial charge >= 0.3 is 0 Å². The van der Waals surface area contributed by atoms with E-state index in [1.54, 1.807) is 50.4 Å². The van der Waals surface area contributed by atoms with Crippen LogP contribution in [0.5, 0.6) is 5.75 Å². The molecule has 9 heteroatoms. The summed E-state index contributed by atoms with van der Waals surface area (Å²) in [6.45, 7) is 3.45. The second kappa shape index (κ2) is 7.29. The molecule has 0 fully saturated rings. The zero-order valence-electron chi connectivity index (χ0n) is 14.9. The first kappa shape index (κ1) is 18.7. The van der Waals surface area contributed by atoms with Crippen LogP contribution in [0.3, 0.4) is 0 Å². The lowest BCUT2D eigenvalue weighted by Crippen LogP contribution is -2.41. The van der Waals surface area contributed by atoms with Crippen molar-refractivity contribution in [3.63, 3.8) is 0 Å². The maximum Gasteiger partial charge on any atom is 0.281 e. The lowest BCUT2D eigenvalue weighted by Gasteiger charge is -2.30. The third kappa shape index (κ3) is 3.88. The summed E-state index contributed by atoms with van der Waals surface area (Å²) in [4.78, 5) is 12.2. The molecule has 2 aromatic carbocycles. The summed E-state index contributed by atoms with van der Waals surface area (Å²) in [5, 5.41) is 17.0. The highest BCUT2D eigenvalue weighted by molar-refractivity contribution is 7.80. The number of benzene rings is 2. The monoisotopic (exact) mass is 385 g/mol. The van der Waals surface area contributed by atoms with E-state index in [-0.39, 0.29) is 11.7 Å². The Bertz CT molecular complexity index is 912. The number of hydrogen-bond donors (Lipinski definition) is 2. The second-order valence-corrected chi connectivity index (χ2v) is 6.94. The lowest BCUT2D eigenvalue weighted by molar-refractivity contribution is -0.532. The number of nitroso groups, excluding NO2 is 1. The number of nitrogens with zero attached hydrogens (tertiary/aromatic N) is 3. The van der Waals surface area contributed by atoms with Gasteiger partial charge in [0.25, 0.3) is 11.4 Å². The zero-order valence-corrected chi connectivity index (χ0v) is 15.7. The Morgan fingerprint density at radius 1 is 1.37 bits per heavy atom. The van der Waals surface area contributed by atoms with E-state index >= 15 is 0 Å². The van der Waals surface area contributed by atoms with Crippen LogP contribution in [0.1, 0.15) is 25.0 Å². The number of ether oxygens (including phenoxy) is 1. The van der Waals surface area contributed by atoms with Crippen LogP contribution in [0, 0.1) is 10.1 Å². The minimum Gasteiger partial charge on any atom is -0.753 e. The summed E-state index contributed by atoms with van der Waals surface area (Å²) < 4.78 is 6.48. The van der Waals surface area contributed by atoms with Crippen molar-refractivity contribution in [1.29, 1.82) is 0 Å². The first-order valence-corrected chi connectivity index (χ1v) is 8.59. The van der Waals surface area contributed by atoms with Gasteiger partial charge in [-0.05, 0) is 59.7 Å². The summed E-state index contributed by atoms with van der Waals surface area (Å²) in [6, 6.07) is 12.4. The number of anilines is 1. The van der Waals surface area contributed by atoms with Crippen LogP contribution in [0.25, 0.3) is 0 Å². The molecule has 0 saturated heterocycles. The van der Waals surface area contributed by atoms with E-state index in [9.17, 15) is 10.1 Å². The minimum atomic E-state index is -1.15. The van der Waals surface area contributed by atoms with Crippen molar-refractivity contribution in [3.8, 4) is 5.75 Å². The van der Waals surface area contributed by atoms with Crippen LogP contribution >= 0.6 is 12.2 Å². The van der Waals surface area contributed by atoms with E-state index in [0.717, 1.165) is 21.0 Å². The number of hydroxylamine groups is 1. The fraction of sp³-hybridized carbons (Fsp3) is 0.222. The molecule has 0 aliphatic carbocycles. The molecule has 140 valence electrons. The number of rotatable bonds is 5. The van der Waals surface area contributed by atoms with Gasteiger partial charge in [0.1, 0.15) is 18.0 Å². The largest absolute Gasteiger partial charge is 0.753 e. The van der Waals surface area contributed by atoms with E-state index < -0.39 is 5.66 Å². The molecular weight excluding hydrogens is 366 g/mol. The molecule has 1 aliphatic rings. The Labute approximate surface area is 161 Å². The fourth-order valence-electron chi connectivity index (χ4n) is 2.65. The summed E-state index contributed by atoms with van der Waals surface area (Å²) in [6.07, 6.45) is 1.59. The molecule has 0 atom stereocenters. The molecular formula is C18H19N5O3S. The maximum absolute atomic E-state index is 12.3. The fourth-order valence-corrected chi connectivity index (χ4v) is 2.71. The van der Waals surface area contributed by atoms with Gasteiger partial charge in [0, 0.05) is 24.8 Å². The summed E-state index contributed by atoms with van der Waals surface area (Å²) in [7, 11) is 0. The number of fused-ring (bicyclic) bond motifs is 1. The van der Waals surface area contributed by atoms with Crippen molar-refractivity contribution in [1.82, 2.24) is 5.43 Å². The van der Waals surface area contributed by atoms with Gasteiger partial charge in [0.15, 0.2) is 5.11 Å². The van der Waals surface area contributed by atoms with Crippen LogP contribution in [0.4, 0.5) is 11.4 Å². The van der Waals surface area contributed by atoms with E-state index in [4.69, 9.17) is 10.5 Å². The van der Waals surface area contributed by atoms with Crippen molar-refractivity contribution in [3.05, 3.63) is 63.7 Å². The van der Waals surface area contributed by atoms with Gasteiger partial charge in [0.05, 0.1) is 11.0 Å². The number of nitrogens with one attached hydrogen (secondary N) is 1. The Balaban J connectivity index is 1.65. The van der Waals surface area contributed by atoms with Crippen molar-refractivity contribution in [2.45, 2.75) is 26.1 Å².